The molecule has 2 aromatic rings. The number of nitrogens with zero attached hydrogens (tertiary/aromatic N) is 4. The average molecular weight is 407 g/mol. The minimum Gasteiger partial charge on any atom is -0.327 e. The lowest BCUT2D eigenvalue weighted by atomic mass is 10.2. The molecule has 0 saturated heterocycles. The zero-order valence-electron chi connectivity index (χ0n) is 13.4. The Balaban J connectivity index is 1.91. The van der Waals surface area contributed by atoms with Crippen molar-refractivity contribution in [1.82, 2.24) is 19.1 Å². The number of hydrogen-bond donors (Lipinski definition) is 0. The van der Waals surface area contributed by atoms with Gasteiger partial charge in [-0.25, -0.2) is 23.1 Å². The Morgan fingerprint density at radius 2 is 1.89 bits per heavy atom. The summed E-state index contributed by atoms with van der Waals surface area (Å²) in [5.41, 5.74) is -1.73. The van der Waals surface area contributed by atoms with Gasteiger partial charge in [0.05, 0.1) is 17.8 Å². The van der Waals surface area contributed by atoms with Gasteiger partial charge in [0.1, 0.15) is 11.6 Å². The molecule has 0 spiro atoms. The van der Waals surface area contributed by atoms with Crippen LogP contribution in [0.1, 0.15) is 4.88 Å². The molecule has 1 aromatic carbocycles. The molecular weight excluding hydrogens is 398 g/mol. The lowest BCUT2D eigenvalue weighted by molar-refractivity contribution is 0.580. The Labute approximate surface area is 159 Å². The van der Waals surface area contributed by atoms with Crippen LogP contribution in [0.3, 0.4) is 0 Å². The van der Waals surface area contributed by atoms with E-state index in [4.69, 9.17) is 11.6 Å². The summed E-state index contributed by atoms with van der Waals surface area (Å²) in [6, 6.07) is 5.56. The van der Waals surface area contributed by atoms with E-state index in [1.807, 2.05) is 0 Å². The van der Waals surface area contributed by atoms with Gasteiger partial charge in [0, 0.05) is 23.3 Å². The average Bonchev–Trinajstić information content (AvgIpc) is 3.00. The van der Waals surface area contributed by atoms with Gasteiger partial charge in [-0.05, 0) is 24.3 Å². The van der Waals surface area contributed by atoms with Gasteiger partial charge >= 0.3 is 5.69 Å². The van der Waals surface area contributed by atoms with Crippen molar-refractivity contribution in [3.63, 3.8) is 0 Å². The largest absolute Gasteiger partial charge is 0.357 e. The van der Waals surface area contributed by atoms with Gasteiger partial charge in [0.15, 0.2) is 10.3 Å². The number of rotatable bonds is 3. The van der Waals surface area contributed by atoms with Crippen molar-refractivity contribution in [3.05, 3.63) is 84.5 Å². The molecule has 0 unspecified atom stereocenters. The molecule has 0 atom stereocenters. The summed E-state index contributed by atoms with van der Waals surface area (Å²) < 4.78 is 29.6. The Bertz CT molecular complexity index is 1230. The molecular formula is C17H9ClF2N4O2S. The van der Waals surface area contributed by atoms with Crippen LogP contribution in [0.5, 0.6) is 0 Å². The maximum Gasteiger partial charge on any atom is 0.357 e. The summed E-state index contributed by atoms with van der Waals surface area (Å²) in [6.45, 7) is 0.312. The summed E-state index contributed by atoms with van der Waals surface area (Å²) in [4.78, 5) is 34.0. The maximum absolute atomic E-state index is 13.5. The minimum absolute atomic E-state index is 0.136. The molecule has 0 aliphatic carbocycles. The van der Waals surface area contributed by atoms with Crippen molar-refractivity contribution < 1.29 is 8.78 Å². The van der Waals surface area contributed by atoms with Crippen molar-refractivity contribution in [3.8, 4) is 17.1 Å². The van der Waals surface area contributed by atoms with Crippen LogP contribution in [0.15, 0.2) is 52.3 Å². The lowest BCUT2D eigenvalue weighted by Gasteiger charge is -2.14. The van der Waals surface area contributed by atoms with E-state index in [-0.39, 0.29) is 17.1 Å². The smallest absolute Gasteiger partial charge is 0.327 e. The number of benzene rings is 1. The molecule has 0 N–H and O–H groups in total. The third-order valence-electron chi connectivity index (χ3n) is 3.83. The second kappa shape index (κ2) is 6.67. The van der Waals surface area contributed by atoms with Crippen LogP contribution in [0, 0.1) is 11.6 Å². The SMILES string of the molecule is O=c1nc2n(Cc3cnc(Cl)s3)cccc-2c(=O)n1-c1cc(F)cc(F)c1. The molecule has 3 heterocycles. The molecule has 4 rings (SSSR count). The monoisotopic (exact) mass is 406 g/mol. The molecule has 0 amide bonds. The number of pyridine rings is 1. The minimum atomic E-state index is -0.931. The highest BCUT2D eigenvalue weighted by molar-refractivity contribution is 7.15. The van der Waals surface area contributed by atoms with Crippen molar-refractivity contribution in [1.29, 1.82) is 0 Å². The normalized spacial score (nSPS) is 11.2. The van der Waals surface area contributed by atoms with Gasteiger partial charge < -0.3 is 4.57 Å². The van der Waals surface area contributed by atoms with Crippen molar-refractivity contribution in [2.24, 2.45) is 0 Å². The Hall–Kier alpha value is -2.91. The molecule has 136 valence electrons. The van der Waals surface area contributed by atoms with Gasteiger partial charge in [-0.2, -0.15) is 4.98 Å². The van der Waals surface area contributed by atoms with E-state index in [2.05, 4.69) is 9.97 Å². The Morgan fingerprint density at radius 1 is 1.15 bits per heavy atom. The van der Waals surface area contributed by atoms with Gasteiger partial charge in [-0.15, -0.1) is 11.3 Å². The van der Waals surface area contributed by atoms with E-state index in [1.165, 1.54) is 17.4 Å². The van der Waals surface area contributed by atoms with Crippen LogP contribution < -0.4 is 11.2 Å². The highest BCUT2D eigenvalue weighted by Crippen LogP contribution is 2.21. The van der Waals surface area contributed by atoms with Crippen molar-refractivity contribution in [2.75, 3.05) is 0 Å². The first-order valence-corrected chi connectivity index (χ1v) is 8.81. The molecule has 6 nitrogen and oxygen atoms in total. The van der Waals surface area contributed by atoms with E-state index >= 15 is 0 Å². The van der Waals surface area contributed by atoms with Crippen molar-refractivity contribution >= 4 is 22.9 Å². The second-order valence-corrected chi connectivity index (χ2v) is 7.31. The first-order valence-electron chi connectivity index (χ1n) is 7.61. The number of aromatic nitrogens is 4. The van der Waals surface area contributed by atoms with Gasteiger partial charge in [0.25, 0.3) is 5.56 Å². The zero-order valence-corrected chi connectivity index (χ0v) is 15.0. The van der Waals surface area contributed by atoms with E-state index in [9.17, 15) is 18.4 Å². The Kier molecular flexibility index (Phi) is 4.33. The number of halogens is 3. The van der Waals surface area contributed by atoms with Gasteiger partial charge in [-0.3, -0.25) is 4.79 Å². The fourth-order valence-corrected chi connectivity index (χ4v) is 3.71. The van der Waals surface area contributed by atoms with Gasteiger partial charge in [-0.1, -0.05) is 11.6 Å². The number of fused-ring (bicyclic) bond motifs is 1. The van der Waals surface area contributed by atoms with Crippen LogP contribution >= 0.6 is 22.9 Å². The topological polar surface area (TPSA) is 69.8 Å². The molecule has 0 saturated carbocycles. The van der Waals surface area contributed by atoms with E-state index in [0.29, 0.717) is 21.6 Å². The fraction of sp³-hybridized carbons (Fsp3) is 0.0588. The maximum atomic E-state index is 13.5. The predicted molar refractivity (Wildman–Crippen MR) is 96.9 cm³/mol. The molecule has 2 aliphatic heterocycles. The summed E-state index contributed by atoms with van der Waals surface area (Å²) in [6.07, 6.45) is 3.25. The number of thiazole rings is 1. The van der Waals surface area contributed by atoms with Crippen LogP contribution in [-0.4, -0.2) is 19.1 Å². The van der Waals surface area contributed by atoms with E-state index in [0.717, 1.165) is 17.0 Å². The summed E-state index contributed by atoms with van der Waals surface area (Å²) in [5, 5.41) is 0. The highest BCUT2D eigenvalue weighted by Gasteiger charge is 2.19. The van der Waals surface area contributed by atoms with Crippen LogP contribution in [0.2, 0.25) is 4.47 Å². The molecule has 0 bridgehead atoms. The number of hydrogen-bond acceptors (Lipinski definition) is 5. The van der Waals surface area contributed by atoms with Gasteiger partial charge in [0.2, 0.25) is 0 Å². The van der Waals surface area contributed by atoms with E-state index < -0.39 is 22.9 Å². The first-order chi connectivity index (χ1) is 12.9. The van der Waals surface area contributed by atoms with Crippen molar-refractivity contribution in [2.45, 2.75) is 6.54 Å². The zero-order chi connectivity index (χ0) is 19.1. The lowest BCUT2D eigenvalue weighted by Crippen LogP contribution is -2.36. The summed E-state index contributed by atoms with van der Waals surface area (Å²) in [5.74, 6) is -1.65. The molecule has 0 fully saturated rings. The predicted octanol–water partition coefficient (Wildman–Crippen LogP) is 2.94. The Morgan fingerprint density at radius 3 is 2.56 bits per heavy atom. The van der Waals surface area contributed by atoms with E-state index in [1.54, 1.807) is 23.0 Å². The molecule has 27 heavy (non-hydrogen) atoms. The third-order valence-corrected chi connectivity index (χ3v) is 4.92. The molecule has 2 aliphatic rings. The third kappa shape index (κ3) is 3.26. The standard InChI is InChI=1S/C17H9ClF2N4O2S/c18-16-21-7-12(27-16)8-23-3-1-2-13-14(23)22-17(26)24(15(13)25)11-5-9(19)4-10(20)6-11/h1-7H,8H2. The second-order valence-electron chi connectivity index (χ2n) is 5.62. The fourth-order valence-electron chi connectivity index (χ4n) is 2.73. The van der Waals surface area contributed by atoms with Crippen LogP contribution in [0.4, 0.5) is 8.78 Å². The summed E-state index contributed by atoms with van der Waals surface area (Å²) >= 11 is 7.09. The molecule has 1 aromatic heterocycles. The molecule has 0 radical (unpaired) electrons. The first kappa shape index (κ1) is 17.5. The quantitative estimate of drug-likeness (QED) is 0.524. The van der Waals surface area contributed by atoms with Crippen LogP contribution in [0.25, 0.3) is 17.1 Å². The highest BCUT2D eigenvalue weighted by atomic mass is 35.5. The summed E-state index contributed by atoms with van der Waals surface area (Å²) in [7, 11) is 0. The molecule has 10 heteroatoms. The van der Waals surface area contributed by atoms with Crippen LogP contribution in [-0.2, 0) is 6.54 Å².